The third kappa shape index (κ3) is 6.25. The van der Waals surface area contributed by atoms with Crippen LogP contribution in [0, 0.1) is 0 Å². The van der Waals surface area contributed by atoms with Crippen LogP contribution in [0.1, 0.15) is 13.8 Å². The van der Waals surface area contributed by atoms with Crippen molar-refractivity contribution in [1.82, 2.24) is 0 Å². The minimum Gasteiger partial charge on any atom is -0.394 e. The van der Waals surface area contributed by atoms with Crippen LogP contribution in [0.5, 0.6) is 0 Å². The fourth-order valence-electron chi connectivity index (χ4n) is 0.623. The van der Waals surface area contributed by atoms with Crippen LogP contribution in [0.4, 0.5) is 0 Å². The second kappa shape index (κ2) is 6.54. The summed E-state index contributed by atoms with van der Waals surface area (Å²) in [5.41, 5.74) is 0. The molecule has 1 atom stereocenters. The van der Waals surface area contributed by atoms with Crippen molar-refractivity contribution < 1.29 is 19.7 Å². The van der Waals surface area contributed by atoms with Gasteiger partial charge in [0, 0.05) is 0 Å². The Morgan fingerprint density at radius 2 is 1.91 bits per heavy atom. The first-order valence-corrected chi connectivity index (χ1v) is 3.69. The van der Waals surface area contributed by atoms with Gasteiger partial charge in [0.25, 0.3) is 0 Å². The molecule has 0 aromatic carbocycles. The van der Waals surface area contributed by atoms with Gasteiger partial charge in [-0.1, -0.05) is 0 Å². The molecule has 0 fully saturated rings. The van der Waals surface area contributed by atoms with Gasteiger partial charge in [0.05, 0.1) is 25.9 Å². The van der Waals surface area contributed by atoms with Crippen molar-refractivity contribution in [3.8, 4) is 0 Å². The van der Waals surface area contributed by atoms with Gasteiger partial charge in [-0.15, -0.1) is 0 Å². The maximum Gasteiger partial charge on any atom is 0.180 e. The van der Waals surface area contributed by atoms with Gasteiger partial charge in [-0.25, -0.2) is 0 Å². The number of aliphatic hydroxyl groups is 2. The summed E-state index contributed by atoms with van der Waals surface area (Å²) in [6, 6.07) is 0. The second-order valence-electron chi connectivity index (χ2n) is 2.39. The van der Waals surface area contributed by atoms with Gasteiger partial charge in [-0.2, -0.15) is 0 Å². The number of ether oxygens (including phenoxy) is 2. The van der Waals surface area contributed by atoms with Crippen LogP contribution in [0.25, 0.3) is 0 Å². The molecular formula is C7H16O4. The average molecular weight is 164 g/mol. The summed E-state index contributed by atoms with van der Waals surface area (Å²) in [7, 11) is 0. The summed E-state index contributed by atoms with van der Waals surface area (Å²) in [6.45, 7) is 3.66. The van der Waals surface area contributed by atoms with Gasteiger partial charge in [-0.05, 0) is 13.8 Å². The van der Waals surface area contributed by atoms with E-state index in [9.17, 15) is 0 Å². The van der Waals surface area contributed by atoms with Crippen LogP contribution in [-0.4, -0.2) is 42.4 Å². The molecule has 0 bridgehead atoms. The maximum atomic E-state index is 8.67. The molecule has 0 aliphatic carbocycles. The molecule has 0 aliphatic heterocycles. The third-order valence-electron chi connectivity index (χ3n) is 0.968. The monoisotopic (exact) mass is 164 g/mol. The standard InChI is InChI=1S/C7H16O4/c1-6(2)11-7(5-9)10-4-3-8/h6-9H,3-5H2,1-2H3/t7-/m0/s1. The van der Waals surface area contributed by atoms with E-state index in [4.69, 9.17) is 19.7 Å². The lowest BCUT2D eigenvalue weighted by molar-refractivity contribution is -0.184. The summed E-state index contributed by atoms with van der Waals surface area (Å²) < 4.78 is 10.0. The minimum absolute atomic E-state index is 0.0193. The maximum absolute atomic E-state index is 8.67. The number of aliphatic hydroxyl groups excluding tert-OH is 2. The molecule has 0 aliphatic rings. The highest BCUT2D eigenvalue weighted by Crippen LogP contribution is 1.98. The van der Waals surface area contributed by atoms with Crippen molar-refractivity contribution in [2.75, 3.05) is 19.8 Å². The zero-order chi connectivity index (χ0) is 8.69. The third-order valence-corrected chi connectivity index (χ3v) is 0.968. The normalized spacial score (nSPS) is 13.9. The van der Waals surface area contributed by atoms with Crippen molar-refractivity contribution in [1.29, 1.82) is 0 Å². The molecule has 68 valence electrons. The molecule has 0 amide bonds. The number of hydrogen-bond acceptors (Lipinski definition) is 4. The predicted molar refractivity (Wildman–Crippen MR) is 40.1 cm³/mol. The van der Waals surface area contributed by atoms with Gasteiger partial charge >= 0.3 is 0 Å². The van der Waals surface area contributed by atoms with Crippen LogP contribution in [0.2, 0.25) is 0 Å². The molecule has 2 N–H and O–H groups in total. The van der Waals surface area contributed by atoms with Gasteiger partial charge < -0.3 is 19.7 Å². The van der Waals surface area contributed by atoms with Gasteiger partial charge in [0.1, 0.15) is 0 Å². The number of rotatable bonds is 6. The Kier molecular flexibility index (Phi) is 6.45. The zero-order valence-corrected chi connectivity index (χ0v) is 6.99. The fraction of sp³-hybridized carbons (Fsp3) is 1.00. The van der Waals surface area contributed by atoms with E-state index in [2.05, 4.69) is 0 Å². The molecular weight excluding hydrogens is 148 g/mol. The van der Waals surface area contributed by atoms with Crippen LogP contribution in [0.15, 0.2) is 0 Å². The van der Waals surface area contributed by atoms with E-state index in [-0.39, 0.29) is 25.9 Å². The lowest BCUT2D eigenvalue weighted by atomic mass is 10.5. The van der Waals surface area contributed by atoms with E-state index in [1.54, 1.807) is 0 Å². The Morgan fingerprint density at radius 3 is 2.27 bits per heavy atom. The molecule has 0 saturated heterocycles. The molecule has 0 unspecified atom stereocenters. The molecule has 0 spiro atoms. The van der Waals surface area contributed by atoms with Gasteiger partial charge in [0.15, 0.2) is 6.29 Å². The van der Waals surface area contributed by atoms with Crippen molar-refractivity contribution in [2.24, 2.45) is 0 Å². The Labute approximate surface area is 66.7 Å². The summed E-state index contributed by atoms with van der Waals surface area (Å²) in [5.74, 6) is 0. The first-order chi connectivity index (χ1) is 5.20. The molecule has 11 heavy (non-hydrogen) atoms. The molecule has 0 saturated carbocycles. The summed E-state index contributed by atoms with van der Waals surface area (Å²) >= 11 is 0. The summed E-state index contributed by atoms with van der Waals surface area (Å²) in [5, 5.41) is 17.1. The first-order valence-electron chi connectivity index (χ1n) is 3.69. The first kappa shape index (κ1) is 10.8. The SMILES string of the molecule is CC(C)O[C@@H](CO)OCCO. The highest BCUT2D eigenvalue weighted by Gasteiger charge is 2.08. The molecule has 0 aromatic heterocycles. The Morgan fingerprint density at radius 1 is 1.27 bits per heavy atom. The highest BCUT2D eigenvalue weighted by molar-refractivity contribution is 4.43. The average Bonchev–Trinajstić information content (AvgIpc) is 1.97. The molecule has 0 heterocycles. The Bertz CT molecular complexity index is 84.5. The molecule has 4 nitrogen and oxygen atoms in total. The van der Waals surface area contributed by atoms with E-state index >= 15 is 0 Å². The van der Waals surface area contributed by atoms with Crippen molar-refractivity contribution in [3.63, 3.8) is 0 Å². The van der Waals surface area contributed by atoms with Crippen LogP contribution in [0.3, 0.4) is 0 Å². The van der Waals surface area contributed by atoms with Gasteiger partial charge in [0.2, 0.25) is 0 Å². The lowest BCUT2D eigenvalue weighted by Crippen LogP contribution is -2.26. The predicted octanol–water partition coefficient (Wildman–Crippen LogP) is -0.261. The second-order valence-corrected chi connectivity index (χ2v) is 2.39. The van der Waals surface area contributed by atoms with Gasteiger partial charge in [-0.3, -0.25) is 0 Å². The smallest absolute Gasteiger partial charge is 0.180 e. The summed E-state index contributed by atoms with van der Waals surface area (Å²) in [4.78, 5) is 0. The van der Waals surface area contributed by atoms with E-state index < -0.39 is 6.29 Å². The van der Waals surface area contributed by atoms with E-state index in [1.165, 1.54) is 0 Å². The van der Waals surface area contributed by atoms with Crippen LogP contribution in [-0.2, 0) is 9.47 Å². The topological polar surface area (TPSA) is 58.9 Å². The summed E-state index contributed by atoms with van der Waals surface area (Å²) in [6.07, 6.45) is -0.590. The van der Waals surface area contributed by atoms with Crippen LogP contribution >= 0.6 is 0 Å². The largest absolute Gasteiger partial charge is 0.394 e. The Balaban J connectivity index is 3.41. The molecule has 0 aromatic rings. The van der Waals surface area contributed by atoms with E-state index in [0.29, 0.717) is 0 Å². The zero-order valence-electron chi connectivity index (χ0n) is 6.99. The quantitative estimate of drug-likeness (QED) is 0.531. The molecule has 0 radical (unpaired) electrons. The van der Waals surface area contributed by atoms with Crippen molar-refractivity contribution >= 4 is 0 Å². The van der Waals surface area contributed by atoms with Crippen molar-refractivity contribution in [3.05, 3.63) is 0 Å². The lowest BCUT2D eigenvalue weighted by Gasteiger charge is -2.17. The van der Waals surface area contributed by atoms with Crippen molar-refractivity contribution in [2.45, 2.75) is 26.2 Å². The minimum atomic E-state index is -0.609. The fourth-order valence-corrected chi connectivity index (χ4v) is 0.623. The van der Waals surface area contributed by atoms with E-state index in [0.717, 1.165) is 0 Å². The molecule has 0 rings (SSSR count). The van der Waals surface area contributed by atoms with E-state index in [1.807, 2.05) is 13.8 Å². The highest BCUT2D eigenvalue weighted by atomic mass is 16.7. The number of hydrogen-bond donors (Lipinski definition) is 2. The molecule has 4 heteroatoms. The van der Waals surface area contributed by atoms with Crippen LogP contribution < -0.4 is 0 Å². The Hall–Kier alpha value is -0.160.